The van der Waals surface area contributed by atoms with Gasteiger partial charge in [-0.2, -0.15) is 5.10 Å². The number of benzene rings is 2. The third-order valence-electron chi connectivity index (χ3n) is 5.53. The van der Waals surface area contributed by atoms with Crippen molar-refractivity contribution in [1.82, 2.24) is 20.0 Å². The lowest BCUT2D eigenvalue weighted by molar-refractivity contribution is 0.0935. The van der Waals surface area contributed by atoms with Gasteiger partial charge < -0.3 is 10.2 Å². The molecule has 0 aliphatic heterocycles. The summed E-state index contributed by atoms with van der Waals surface area (Å²) in [6.07, 6.45) is 2.58. The van der Waals surface area contributed by atoms with E-state index in [0.29, 0.717) is 12.2 Å². The molecular formula is C23H24F2N4O. The van der Waals surface area contributed by atoms with Crippen LogP contribution >= 0.6 is 0 Å². The van der Waals surface area contributed by atoms with Gasteiger partial charge in [0.15, 0.2) is 5.69 Å². The Bertz CT molecular complexity index is 1060. The van der Waals surface area contributed by atoms with Crippen LogP contribution in [0.25, 0.3) is 5.69 Å². The molecule has 1 amide bonds. The van der Waals surface area contributed by atoms with Gasteiger partial charge in [-0.25, -0.2) is 13.5 Å². The maximum absolute atomic E-state index is 13.7. The van der Waals surface area contributed by atoms with Crippen molar-refractivity contribution in [2.75, 3.05) is 20.6 Å². The van der Waals surface area contributed by atoms with E-state index >= 15 is 0 Å². The van der Waals surface area contributed by atoms with Crippen LogP contribution in [0.4, 0.5) is 8.78 Å². The zero-order valence-electron chi connectivity index (χ0n) is 17.0. The lowest BCUT2D eigenvalue weighted by Gasteiger charge is -2.25. The molecule has 0 bridgehead atoms. The van der Waals surface area contributed by atoms with E-state index in [9.17, 15) is 13.6 Å². The van der Waals surface area contributed by atoms with E-state index in [-0.39, 0.29) is 23.6 Å². The third kappa shape index (κ3) is 3.98. The Morgan fingerprint density at radius 2 is 1.90 bits per heavy atom. The topological polar surface area (TPSA) is 50.2 Å². The number of carbonyl (C=O) groups is 1. The molecule has 0 fully saturated rings. The van der Waals surface area contributed by atoms with E-state index in [1.807, 2.05) is 25.1 Å². The summed E-state index contributed by atoms with van der Waals surface area (Å²) in [7, 11) is 3.78. The van der Waals surface area contributed by atoms with Crippen LogP contribution in [0.15, 0.2) is 48.5 Å². The second-order valence-electron chi connectivity index (χ2n) is 7.76. The van der Waals surface area contributed by atoms with E-state index in [4.69, 9.17) is 0 Å². The van der Waals surface area contributed by atoms with Gasteiger partial charge >= 0.3 is 0 Å². The monoisotopic (exact) mass is 410 g/mol. The quantitative estimate of drug-likeness (QED) is 0.675. The number of amides is 1. The van der Waals surface area contributed by atoms with Crippen molar-refractivity contribution in [2.45, 2.75) is 25.3 Å². The molecule has 1 atom stereocenters. The molecule has 4 rings (SSSR count). The number of nitrogens with zero attached hydrogens (tertiary/aromatic N) is 3. The molecule has 0 radical (unpaired) electrons. The number of likely N-dealkylation sites (N-methyl/N-ethyl adjacent to an activating group) is 1. The minimum absolute atomic E-state index is 0.170. The summed E-state index contributed by atoms with van der Waals surface area (Å²) in [6, 6.07) is 12.3. The lowest BCUT2D eigenvalue weighted by Crippen LogP contribution is -2.35. The Hall–Kier alpha value is -3.06. The molecule has 0 unspecified atom stereocenters. The number of carbonyl (C=O) groups excluding carboxylic acids is 1. The Morgan fingerprint density at radius 1 is 1.13 bits per heavy atom. The predicted molar refractivity (Wildman–Crippen MR) is 111 cm³/mol. The van der Waals surface area contributed by atoms with Crippen molar-refractivity contribution in [3.63, 3.8) is 0 Å². The van der Waals surface area contributed by atoms with Gasteiger partial charge in [0, 0.05) is 17.8 Å². The molecule has 0 saturated heterocycles. The van der Waals surface area contributed by atoms with Crippen LogP contribution in [-0.4, -0.2) is 41.2 Å². The van der Waals surface area contributed by atoms with Gasteiger partial charge in [0.25, 0.3) is 5.91 Å². The third-order valence-corrected chi connectivity index (χ3v) is 5.53. The highest BCUT2D eigenvalue weighted by Gasteiger charge is 2.27. The Kier molecular flexibility index (Phi) is 5.63. The van der Waals surface area contributed by atoms with Crippen molar-refractivity contribution in [3.05, 3.63) is 82.7 Å². The molecule has 2 aromatic carbocycles. The van der Waals surface area contributed by atoms with Crippen molar-refractivity contribution in [2.24, 2.45) is 0 Å². The molecule has 7 heteroatoms. The molecule has 5 nitrogen and oxygen atoms in total. The first kappa shape index (κ1) is 20.2. The molecule has 1 aliphatic rings. The normalized spacial score (nSPS) is 14.0. The first-order valence-electron chi connectivity index (χ1n) is 10.0. The largest absolute Gasteiger partial charge is 0.349 e. The van der Waals surface area contributed by atoms with E-state index in [0.717, 1.165) is 41.8 Å². The summed E-state index contributed by atoms with van der Waals surface area (Å²) in [4.78, 5) is 14.9. The summed E-state index contributed by atoms with van der Waals surface area (Å²) < 4.78 is 28.7. The molecule has 1 aromatic heterocycles. The van der Waals surface area contributed by atoms with Crippen LogP contribution in [0.3, 0.4) is 0 Å². The molecule has 1 N–H and O–H groups in total. The van der Waals surface area contributed by atoms with Crippen LogP contribution in [-0.2, 0) is 12.8 Å². The van der Waals surface area contributed by atoms with Gasteiger partial charge in [-0.3, -0.25) is 4.79 Å². The van der Waals surface area contributed by atoms with E-state index in [1.54, 1.807) is 22.9 Å². The summed E-state index contributed by atoms with van der Waals surface area (Å²) >= 11 is 0. The number of halogens is 2. The standard InChI is InChI=1S/C23H24F2N4O/c1-28(2)21(15-5-3-6-17(25)13-15)14-26-23(30)22-19-7-4-8-20(19)29(27-22)18-11-9-16(24)10-12-18/h3,5-6,9-13,21H,4,7-8,14H2,1-2H3,(H,26,30)/t21-/m1/s1. The van der Waals surface area contributed by atoms with Gasteiger partial charge in [0.05, 0.1) is 11.7 Å². The highest BCUT2D eigenvalue weighted by atomic mass is 19.1. The summed E-state index contributed by atoms with van der Waals surface area (Å²) in [5, 5.41) is 7.51. The van der Waals surface area contributed by atoms with Crippen LogP contribution in [0.2, 0.25) is 0 Å². The number of aromatic nitrogens is 2. The van der Waals surface area contributed by atoms with E-state index in [2.05, 4.69) is 10.4 Å². The number of hydrogen-bond acceptors (Lipinski definition) is 3. The minimum Gasteiger partial charge on any atom is -0.349 e. The smallest absolute Gasteiger partial charge is 0.272 e. The fraction of sp³-hybridized carbons (Fsp3) is 0.304. The molecule has 1 aliphatic carbocycles. The Balaban J connectivity index is 1.56. The highest BCUT2D eigenvalue weighted by Crippen LogP contribution is 2.28. The molecule has 156 valence electrons. The zero-order chi connectivity index (χ0) is 21.3. The van der Waals surface area contributed by atoms with E-state index < -0.39 is 0 Å². The first-order chi connectivity index (χ1) is 14.4. The van der Waals surface area contributed by atoms with Gasteiger partial charge in [-0.05, 0) is 75.3 Å². The number of rotatable bonds is 6. The molecule has 0 spiro atoms. The van der Waals surface area contributed by atoms with Gasteiger partial charge in [0.1, 0.15) is 11.6 Å². The number of nitrogens with one attached hydrogen (secondary N) is 1. The van der Waals surface area contributed by atoms with Crippen molar-refractivity contribution < 1.29 is 13.6 Å². The highest BCUT2D eigenvalue weighted by molar-refractivity contribution is 5.94. The summed E-state index contributed by atoms with van der Waals surface area (Å²) in [5.41, 5.74) is 3.88. The van der Waals surface area contributed by atoms with Crippen LogP contribution < -0.4 is 5.32 Å². The average molecular weight is 410 g/mol. The molecular weight excluding hydrogens is 386 g/mol. The summed E-state index contributed by atoms with van der Waals surface area (Å²) in [5.74, 6) is -0.869. The predicted octanol–water partition coefficient (Wildman–Crippen LogP) is 3.67. The van der Waals surface area contributed by atoms with Crippen LogP contribution in [0.5, 0.6) is 0 Å². The molecule has 3 aromatic rings. The minimum atomic E-state index is -0.312. The summed E-state index contributed by atoms with van der Waals surface area (Å²) in [6.45, 7) is 0.327. The average Bonchev–Trinajstić information content (AvgIpc) is 3.31. The van der Waals surface area contributed by atoms with Gasteiger partial charge in [-0.15, -0.1) is 0 Å². The fourth-order valence-electron chi connectivity index (χ4n) is 4.00. The second kappa shape index (κ2) is 8.36. The lowest BCUT2D eigenvalue weighted by atomic mass is 10.1. The fourth-order valence-corrected chi connectivity index (χ4v) is 4.00. The Labute approximate surface area is 174 Å². The zero-order valence-corrected chi connectivity index (χ0v) is 17.0. The maximum Gasteiger partial charge on any atom is 0.272 e. The Morgan fingerprint density at radius 3 is 2.60 bits per heavy atom. The maximum atomic E-state index is 13.7. The van der Waals surface area contributed by atoms with Crippen LogP contribution in [0, 0.1) is 11.6 Å². The first-order valence-corrected chi connectivity index (χ1v) is 10.0. The molecule has 30 heavy (non-hydrogen) atoms. The van der Waals surface area contributed by atoms with Crippen molar-refractivity contribution in [3.8, 4) is 5.69 Å². The molecule has 1 heterocycles. The van der Waals surface area contributed by atoms with E-state index in [1.165, 1.54) is 24.3 Å². The van der Waals surface area contributed by atoms with Gasteiger partial charge in [-0.1, -0.05) is 12.1 Å². The number of hydrogen-bond donors (Lipinski definition) is 1. The molecule has 0 saturated carbocycles. The SMILES string of the molecule is CN(C)[C@H](CNC(=O)c1nn(-c2ccc(F)cc2)c2c1CCC2)c1cccc(F)c1. The second-order valence-corrected chi connectivity index (χ2v) is 7.76. The van der Waals surface area contributed by atoms with Crippen LogP contribution in [0.1, 0.15) is 39.8 Å². The van der Waals surface area contributed by atoms with Gasteiger partial charge in [0.2, 0.25) is 0 Å². The van der Waals surface area contributed by atoms with Crippen molar-refractivity contribution in [1.29, 1.82) is 0 Å². The number of fused-ring (bicyclic) bond motifs is 1. The van der Waals surface area contributed by atoms with Crippen molar-refractivity contribution >= 4 is 5.91 Å².